The number of hydrogen-bond acceptors (Lipinski definition) is 3. The van der Waals surface area contributed by atoms with Crippen molar-refractivity contribution in [1.82, 2.24) is 20.0 Å². The highest BCUT2D eigenvalue weighted by atomic mass is 79.9. The summed E-state index contributed by atoms with van der Waals surface area (Å²) in [5.41, 5.74) is 2.34. The van der Waals surface area contributed by atoms with Crippen LogP contribution in [0.25, 0.3) is 0 Å². The van der Waals surface area contributed by atoms with Gasteiger partial charge in [-0.05, 0) is 48.8 Å². The molecule has 0 spiro atoms. The second kappa shape index (κ2) is 6.17. The van der Waals surface area contributed by atoms with Crippen LogP contribution in [0.2, 0.25) is 0 Å². The monoisotopic (exact) mass is 314 g/mol. The number of rotatable bonds is 5. The van der Waals surface area contributed by atoms with Crippen LogP contribution in [0.4, 0.5) is 0 Å². The molecule has 102 valence electrons. The van der Waals surface area contributed by atoms with Gasteiger partial charge in [0.2, 0.25) is 0 Å². The first-order valence-corrected chi connectivity index (χ1v) is 7.54. The van der Waals surface area contributed by atoms with Crippen LogP contribution in [0, 0.1) is 6.92 Å². The molecule has 1 aromatic heterocycles. The molecule has 1 atom stereocenters. The van der Waals surface area contributed by atoms with Crippen molar-refractivity contribution in [2.24, 2.45) is 7.05 Å². The van der Waals surface area contributed by atoms with E-state index in [1.165, 1.54) is 25.1 Å². The minimum atomic E-state index is 0.665. The van der Waals surface area contributed by atoms with Gasteiger partial charge in [-0.1, -0.05) is 6.92 Å². The fourth-order valence-corrected chi connectivity index (χ4v) is 3.05. The lowest BCUT2D eigenvalue weighted by molar-refractivity contribution is 0.247. The standard InChI is InChI=1S/C13H23BrN4/c1-4-18(8-11-6-5-7-15-11)9-12-13(14)10(2)16-17(12)3/h11,15H,4-9H2,1-3H3. The molecule has 0 aromatic carbocycles. The first-order valence-electron chi connectivity index (χ1n) is 6.75. The van der Waals surface area contributed by atoms with Gasteiger partial charge in [-0.3, -0.25) is 9.58 Å². The number of likely N-dealkylation sites (N-methyl/N-ethyl adjacent to an activating group) is 1. The molecule has 0 amide bonds. The maximum atomic E-state index is 4.46. The minimum Gasteiger partial charge on any atom is -0.313 e. The van der Waals surface area contributed by atoms with Gasteiger partial charge in [-0.15, -0.1) is 0 Å². The number of nitrogens with zero attached hydrogens (tertiary/aromatic N) is 3. The normalized spacial score (nSPS) is 19.9. The Morgan fingerprint density at radius 2 is 2.33 bits per heavy atom. The van der Waals surface area contributed by atoms with E-state index in [0.717, 1.165) is 29.8 Å². The second-order valence-electron chi connectivity index (χ2n) is 5.09. The second-order valence-corrected chi connectivity index (χ2v) is 5.88. The predicted molar refractivity (Wildman–Crippen MR) is 77.6 cm³/mol. The molecule has 1 N–H and O–H groups in total. The molecule has 0 bridgehead atoms. The van der Waals surface area contributed by atoms with Crippen molar-refractivity contribution in [2.45, 2.75) is 39.3 Å². The van der Waals surface area contributed by atoms with Gasteiger partial charge in [0.1, 0.15) is 0 Å². The Bertz CT molecular complexity index is 396. The molecule has 0 aliphatic carbocycles. The first kappa shape index (κ1) is 14.0. The molecule has 2 rings (SSSR count). The van der Waals surface area contributed by atoms with Gasteiger partial charge in [-0.2, -0.15) is 5.10 Å². The third-order valence-electron chi connectivity index (χ3n) is 3.72. The number of aromatic nitrogens is 2. The fraction of sp³-hybridized carbons (Fsp3) is 0.769. The zero-order valence-electron chi connectivity index (χ0n) is 11.5. The topological polar surface area (TPSA) is 33.1 Å². The van der Waals surface area contributed by atoms with E-state index in [1.54, 1.807) is 0 Å². The summed E-state index contributed by atoms with van der Waals surface area (Å²) >= 11 is 3.65. The lowest BCUT2D eigenvalue weighted by Crippen LogP contribution is -2.37. The molecule has 0 saturated carbocycles. The van der Waals surface area contributed by atoms with Crippen LogP contribution in [-0.4, -0.2) is 40.4 Å². The molecule has 1 fully saturated rings. The summed E-state index contributed by atoms with van der Waals surface area (Å²) in [4.78, 5) is 2.49. The summed E-state index contributed by atoms with van der Waals surface area (Å²) in [5.74, 6) is 0. The Kier molecular flexibility index (Phi) is 4.81. The number of aryl methyl sites for hydroxylation is 2. The van der Waals surface area contributed by atoms with Gasteiger partial charge in [-0.25, -0.2) is 0 Å². The number of halogens is 1. The van der Waals surface area contributed by atoms with E-state index in [0.29, 0.717) is 6.04 Å². The van der Waals surface area contributed by atoms with E-state index in [4.69, 9.17) is 0 Å². The molecular formula is C13H23BrN4. The van der Waals surface area contributed by atoms with Crippen molar-refractivity contribution in [2.75, 3.05) is 19.6 Å². The zero-order valence-corrected chi connectivity index (χ0v) is 13.1. The number of nitrogens with one attached hydrogen (secondary N) is 1. The van der Waals surface area contributed by atoms with E-state index in [1.807, 2.05) is 18.7 Å². The van der Waals surface area contributed by atoms with E-state index in [9.17, 15) is 0 Å². The maximum Gasteiger partial charge on any atom is 0.0739 e. The summed E-state index contributed by atoms with van der Waals surface area (Å²) in [7, 11) is 2.02. The molecule has 5 heteroatoms. The van der Waals surface area contributed by atoms with Gasteiger partial charge in [0.05, 0.1) is 15.9 Å². The van der Waals surface area contributed by atoms with E-state index in [-0.39, 0.29) is 0 Å². The van der Waals surface area contributed by atoms with Gasteiger partial charge in [0.15, 0.2) is 0 Å². The zero-order chi connectivity index (χ0) is 13.1. The molecular weight excluding hydrogens is 292 g/mol. The Labute approximate surface area is 118 Å². The Morgan fingerprint density at radius 1 is 1.56 bits per heavy atom. The van der Waals surface area contributed by atoms with E-state index in [2.05, 4.69) is 38.2 Å². The summed E-state index contributed by atoms with van der Waals surface area (Å²) in [6, 6.07) is 0.665. The minimum absolute atomic E-state index is 0.665. The Balaban J connectivity index is 2.00. The molecule has 1 aromatic rings. The summed E-state index contributed by atoms with van der Waals surface area (Å²) in [6.07, 6.45) is 2.62. The summed E-state index contributed by atoms with van der Waals surface area (Å²) in [5, 5.41) is 8.02. The maximum absolute atomic E-state index is 4.46. The van der Waals surface area contributed by atoms with Crippen LogP contribution in [0.15, 0.2) is 4.47 Å². The van der Waals surface area contributed by atoms with Crippen molar-refractivity contribution in [3.8, 4) is 0 Å². The highest BCUT2D eigenvalue weighted by Gasteiger charge is 2.19. The van der Waals surface area contributed by atoms with Gasteiger partial charge < -0.3 is 5.32 Å². The molecule has 18 heavy (non-hydrogen) atoms. The third kappa shape index (κ3) is 3.13. The number of hydrogen-bond donors (Lipinski definition) is 1. The quantitative estimate of drug-likeness (QED) is 0.903. The molecule has 1 aliphatic heterocycles. The van der Waals surface area contributed by atoms with Gasteiger partial charge in [0.25, 0.3) is 0 Å². The van der Waals surface area contributed by atoms with Crippen molar-refractivity contribution in [3.63, 3.8) is 0 Å². The average Bonchev–Trinajstić information content (AvgIpc) is 2.92. The summed E-state index contributed by atoms with van der Waals surface area (Å²) in [6.45, 7) is 8.62. The van der Waals surface area contributed by atoms with Crippen LogP contribution in [0.5, 0.6) is 0 Å². The SMILES string of the molecule is CCN(Cc1c(Br)c(C)nn1C)CC1CCCN1. The van der Waals surface area contributed by atoms with E-state index < -0.39 is 0 Å². The molecule has 1 aliphatic rings. The van der Waals surface area contributed by atoms with Crippen LogP contribution >= 0.6 is 15.9 Å². The predicted octanol–water partition coefficient (Wildman–Crippen LogP) is 2.06. The lowest BCUT2D eigenvalue weighted by Gasteiger charge is -2.24. The lowest BCUT2D eigenvalue weighted by atomic mass is 10.2. The Hall–Kier alpha value is -0.390. The molecule has 1 unspecified atom stereocenters. The highest BCUT2D eigenvalue weighted by Crippen LogP contribution is 2.22. The van der Waals surface area contributed by atoms with Crippen molar-refractivity contribution in [3.05, 3.63) is 15.9 Å². The molecule has 4 nitrogen and oxygen atoms in total. The molecule has 2 heterocycles. The average molecular weight is 315 g/mol. The smallest absolute Gasteiger partial charge is 0.0739 e. The van der Waals surface area contributed by atoms with Crippen molar-refractivity contribution in [1.29, 1.82) is 0 Å². The molecule has 0 radical (unpaired) electrons. The van der Waals surface area contributed by atoms with Crippen LogP contribution in [0.3, 0.4) is 0 Å². The van der Waals surface area contributed by atoms with E-state index >= 15 is 0 Å². The Morgan fingerprint density at radius 3 is 2.83 bits per heavy atom. The van der Waals surface area contributed by atoms with Crippen LogP contribution in [0.1, 0.15) is 31.2 Å². The highest BCUT2D eigenvalue weighted by molar-refractivity contribution is 9.10. The van der Waals surface area contributed by atoms with Crippen molar-refractivity contribution < 1.29 is 0 Å². The fourth-order valence-electron chi connectivity index (χ4n) is 2.59. The van der Waals surface area contributed by atoms with Crippen LogP contribution in [-0.2, 0) is 13.6 Å². The summed E-state index contributed by atoms with van der Waals surface area (Å²) < 4.78 is 3.15. The third-order valence-corrected chi connectivity index (χ3v) is 4.75. The van der Waals surface area contributed by atoms with Gasteiger partial charge >= 0.3 is 0 Å². The first-order chi connectivity index (χ1) is 8.61. The largest absolute Gasteiger partial charge is 0.313 e. The van der Waals surface area contributed by atoms with Crippen molar-refractivity contribution >= 4 is 15.9 Å². The molecule has 1 saturated heterocycles. The van der Waals surface area contributed by atoms with Gasteiger partial charge in [0, 0.05) is 26.2 Å². The van der Waals surface area contributed by atoms with Crippen LogP contribution < -0.4 is 5.32 Å².